The molecule has 37 heavy (non-hydrogen) atoms. The molecule has 0 fully saturated rings. The molecule has 3 N–H and O–H groups in total. The lowest BCUT2D eigenvalue weighted by Gasteiger charge is -2.29. The molecule has 4 rings (SSSR count). The number of pyridine rings is 1. The molecule has 0 unspecified atom stereocenters. The molecular formula is C27H28N4O6. The highest BCUT2D eigenvalue weighted by atomic mass is 16.7. The number of nitrogens with one attached hydrogen (secondary N) is 2. The normalized spacial score (nSPS) is 16.8. The van der Waals surface area contributed by atoms with Gasteiger partial charge in [0.25, 0.3) is 11.6 Å². The fourth-order valence-electron chi connectivity index (χ4n) is 3.83. The van der Waals surface area contributed by atoms with Crippen LogP contribution >= 0.6 is 0 Å². The van der Waals surface area contributed by atoms with Gasteiger partial charge >= 0.3 is 0 Å². The van der Waals surface area contributed by atoms with Crippen LogP contribution in [0.15, 0.2) is 84.8 Å². The highest BCUT2D eigenvalue weighted by Crippen LogP contribution is 2.31. The fraction of sp³-hybridized carbons (Fsp3) is 0.259. The van der Waals surface area contributed by atoms with Crippen LogP contribution in [-0.4, -0.2) is 40.3 Å². The Labute approximate surface area is 214 Å². The monoisotopic (exact) mass is 504 g/mol. The second-order valence-electron chi connectivity index (χ2n) is 8.46. The van der Waals surface area contributed by atoms with Crippen molar-refractivity contribution in [3.63, 3.8) is 0 Å². The van der Waals surface area contributed by atoms with E-state index >= 15 is 0 Å². The minimum absolute atomic E-state index is 0.0190. The van der Waals surface area contributed by atoms with E-state index in [1.807, 2.05) is 60.7 Å². The van der Waals surface area contributed by atoms with Crippen LogP contribution < -0.4 is 10.6 Å². The second-order valence-corrected chi connectivity index (χ2v) is 8.46. The van der Waals surface area contributed by atoms with Crippen molar-refractivity contribution in [2.24, 2.45) is 0 Å². The molecule has 2 aromatic carbocycles. The minimum Gasteiger partial charge on any atom is -0.459 e. The molecule has 0 radical (unpaired) electrons. The Morgan fingerprint density at radius 1 is 1.08 bits per heavy atom. The number of rotatable bonds is 11. The number of hydrogen-bond acceptors (Lipinski definition) is 8. The number of carbonyl (C=O) groups excluding carboxylic acids is 1. The number of ether oxygens (including phenoxy) is 2. The number of allylic oxidation sites excluding steroid dienone is 1. The first-order valence-electron chi connectivity index (χ1n) is 11.9. The predicted molar refractivity (Wildman–Crippen MR) is 136 cm³/mol. The number of anilines is 1. The summed E-state index contributed by atoms with van der Waals surface area (Å²) in [4.78, 5) is 27.1. The summed E-state index contributed by atoms with van der Waals surface area (Å²) in [7, 11) is 0. The maximum atomic E-state index is 12.9. The zero-order valence-electron chi connectivity index (χ0n) is 20.1. The smallest absolute Gasteiger partial charge is 0.287 e. The Morgan fingerprint density at radius 2 is 1.84 bits per heavy atom. The van der Waals surface area contributed by atoms with Gasteiger partial charge in [0.05, 0.1) is 18.1 Å². The van der Waals surface area contributed by atoms with Gasteiger partial charge in [-0.05, 0) is 28.8 Å². The molecule has 2 atom stereocenters. The van der Waals surface area contributed by atoms with Crippen molar-refractivity contribution in [2.75, 3.05) is 18.4 Å². The van der Waals surface area contributed by atoms with E-state index in [0.717, 1.165) is 16.7 Å². The van der Waals surface area contributed by atoms with E-state index in [1.165, 1.54) is 18.3 Å². The Morgan fingerprint density at radius 3 is 2.51 bits per heavy atom. The molecule has 10 heteroatoms. The van der Waals surface area contributed by atoms with Gasteiger partial charge in [-0.15, -0.1) is 0 Å². The zero-order valence-corrected chi connectivity index (χ0v) is 20.1. The summed E-state index contributed by atoms with van der Waals surface area (Å²) in [5.74, 6) is 0.242. The first-order valence-corrected chi connectivity index (χ1v) is 11.9. The Hall–Kier alpha value is -4.28. The number of carbonyl (C=O) groups is 1. The van der Waals surface area contributed by atoms with Crippen LogP contribution in [0, 0.1) is 10.1 Å². The average molecular weight is 505 g/mol. The molecule has 3 aromatic rings. The van der Waals surface area contributed by atoms with Crippen molar-refractivity contribution >= 4 is 17.4 Å². The van der Waals surface area contributed by atoms with Gasteiger partial charge in [-0.3, -0.25) is 14.9 Å². The third kappa shape index (κ3) is 7.35. The highest BCUT2D eigenvalue weighted by Gasteiger charge is 2.28. The molecule has 10 nitrogen and oxygen atoms in total. The summed E-state index contributed by atoms with van der Waals surface area (Å²) in [5, 5.41) is 25.8. The number of aromatic nitrogens is 1. The van der Waals surface area contributed by atoms with Crippen molar-refractivity contribution in [1.82, 2.24) is 10.3 Å². The Balaban J connectivity index is 1.34. The molecule has 0 aliphatic carbocycles. The quantitative estimate of drug-likeness (QED) is 0.205. The number of amides is 1. The average Bonchev–Trinajstić information content (AvgIpc) is 2.95. The SMILES string of the molecule is O=C(NCCNc1ccc([N+](=O)[O-])cn1)C1=C[C@@H](c2ccccc2)C[C@@H](OCc2ccc(CO)cc2)O1. The first kappa shape index (κ1) is 25.8. The third-order valence-electron chi connectivity index (χ3n) is 5.83. The van der Waals surface area contributed by atoms with Gasteiger partial charge in [-0.2, -0.15) is 0 Å². The zero-order chi connectivity index (χ0) is 26.0. The lowest BCUT2D eigenvalue weighted by atomic mass is 9.93. The van der Waals surface area contributed by atoms with Crippen LogP contribution in [0.4, 0.5) is 11.5 Å². The molecule has 0 saturated heterocycles. The van der Waals surface area contributed by atoms with Crippen LogP contribution in [0.5, 0.6) is 0 Å². The molecule has 1 aliphatic rings. The van der Waals surface area contributed by atoms with E-state index in [0.29, 0.717) is 25.4 Å². The Kier molecular flexibility index (Phi) is 8.79. The number of nitro groups is 1. The summed E-state index contributed by atoms with van der Waals surface area (Å²) in [5.41, 5.74) is 2.72. The van der Waals surface area contributed by atoms with Crippen LogP contribution in [-0.2, 0) is 27.5 Å². The largest absolute Gasteiger partial charge is 0.459 e. The van der Waals surface area contributed by atoms with Gasteiger partial charge in [-0.25, -0.2) is 4.98 Å². The van der Waals surface area contributed by atoms with Crippen molar-refractivity contribution in [1.29, 1.82) is 0 Å². The third-order valence-corrected chi connectivity index (χ3v) is 5.83. The van der Waals surface area contributed by atoms with E-state index in [4.69, 9.17) is 9.47 Å². The first-order chi connectivity index (χ1) is 18.0. The summed E-state index contributed by atoms with van der Waals surface area (Å²) in [6.45, 7) is 0.945. The molecule has 1 aromatic heterocycles. The maximum Gasteiger partial charge on any atom is 0.287 e. The fourth-order valence-corrected chi connectivity index (χ4v) is 3.83. The van der Waals surface area contributed by atoms with Gasteiger partial charge in [0.1, 0.15) is 12.0 Å². The number of nitrogens with zero attached hydrogens (tertiary/aromatic N) is 2. The van der Waals surface area contributed by atoms with E-state index in [2.05, 4.69) is 15.6 Å². The van der Waals surface area contributed by atoms with E-state index < -0.39 is 11.2 Å². The van der Waals surface area contributed by atoms with Gasteiger partial charge in [0.2, 0.25) is 6.29 Å². The number of hydrogen-bond donors (Lipinski definition) is 3. The molecule has 1 amide bonds. The molecule has 0 spiro atoms. The lowest BCUT2D eigenvalue weighted by molar-refractivity contribution is -0.385. The number of benzene rings is 2. The van der Waals surface area contributed by atoms with Crippen molar-refractivity contribution in [3.8, 4) is 0 Å². The topological polar surface area (TPSA) is 136 Å². The minimum atomic E-state index is -0.615. The Bertz CT molecular complexity index is 1220. The van der Waals surface area contributed by atoms with Crippen LogP contribution in [0.25, 0.3) is 0 Å². The lowest BCUT2D eigenvalue weighted by Crippen LogP contribution is -2.35. The van der Waals surface area contributed by atoms with Crippen molar-refractivity contribution < 1.29 is 24.3 Å². The van der Waals surface area contributed by atoms with Gasteiger partial charge < -0.3 is 25.2 Å². The highest BCUT2D eigenvalue weighted by molar-refractivity contribution is 5.91. The molecular weight excluding hydrogens is 476 g/mol. The molecule has 0 bridgehead atoms. The standard InChI is InChI=1S/C27H28N4O6/c32-17-19-6-8-20(9-7-19)18-36-26-15-22(21-4-2-1-3-5-21)14-24(37-26)27(33)29-13-12-28-25-11-10-23(16-30-25)31(34)35/h1-11,14,16,22,26,32H,12-13,15,17-18H2,(H,28,30)(H,29,33)/t22-,26+/m1/s1. The summed E-state index contributed by atoms with van der Waals surface area (Å²) >= 11 is 0. The van der Waals surface area contributed by atoms with Crippen LogP contribution in [0.1, 0.15) is 29.0 Å². The number of aliphatic hydroxyl groups excluding tert-OH is 1. The van der Waals surface area contributed by atoms with Gasteiger partial charge in [0.15, 0.2) is 5.76 Å². The van der Waals surface area contributed by atoms with Gasteiger partial charge in [-0.1, -0.05) is 54.6 Å². The van der Waals surface area contributed by atoms with E-state index in [9.17, 15) is 20.0 Å². The van der Waals surface area contributed by atoms with Crippen LogP contribution in [0.2, 0.25) is 0 Å². The van der Waals surface area contributed by atoms with Gasteiger partial charge in [0, 0.05) is 31.5 Å². The van der Waals surface area contributed by atoms with E-state index in [1.54, 1.807) is 0 Å². The second kappa shape index (κ2) is 12.6. The van der Waals surface area contributed by atoms with Crippen LogP contribution in [0.3, 0.4) is 0 Å². The predicted octanol–water partition coefficient (Wildman–Crippen LogP) is 3.64. The van der Waals surface area contributed by atoms with E-state index in [-0.39, 0.29) is 36.4 Å². The summed E-state index contributed by atoms with van der Waals surface area (Å²) in [6.07, 6.45) is 2.93. The summed E-state index contributed by atoms with van der Waals surface area (Å²) in [6, 6.07) is 20.2. The summed E-state index contributed by atoms with van der Waals surface area (Å²) < 4.78 is 11.9. The molecule has 0 saturated carbocycles. The molecule has 2 heterocycles. The maximum absolute atomic E-state index is 12.9. The van der Waals surface area contributed by atoms with Crippen molar-refractivity contribution in [3.05, 3.63) is 112 Å². The molecule has 1 aliphatic heterocycles. The number of aliphatic hydroxyl groups is 1. The van der Waals surface area contributed by atoms with Crippen molar-refractivity contribution in [2.45, 2.75) is 31.8 Å². The molecule has 192 valence electrons.